The van der Waals surface area contributed by atoms with Crippen molar-refractivity contribution in [3.05, 3.63) is 59.3 Å². The molecule has 4 nitrogen and oxygen atoms in total. The molecular formula is C19H23N3O. The van der Waals surface area contributed by atoms with Gasteiger partial charge in [0, 0.05) is 12.2 Å². The second kappa shape index (κ2) is 6.92. The van der Waals surface area contributed by atoms with E-state index in [-0.39, 0.29) is 5.91 Å². The Bertz CT molecular complexity index is 681. The zero-order valence-corrected chi connectivity index (χ0v) is 13.7. The third-order valence-electron chi connectivity index (χ3n) is 4.44. The number of pyridine rings is 1. The monoisotopic (exact) mass is 309 g/mol. The summed E-state index contributed by atoms with van der Waals surface area (Å²) >= 11 is 0. The fraction of sp³-hybridized carbons (Fsp3) is 0.368. The molecule has 3 rings (SSSR count). The van der Waals surface area contributed by atoms with Gasteiger partial charge in [-0.05, 0) is 56.0 Å². The average molecular weight is 309 g/mol. The standard InChI is InChI=1S/C19H23N3O/c1-14-10-11-18(20-12-14)21-19(23)13-22(2)17-9-5-7-15-6-3-4-8-16(15)17/h3-4,6,8,10-12,17H,5,7,9,13H2,1-2H3,(H,20,21,23). The molecule has 0 saturated carbocycles. The SMILES string of the molecule is Cc1ccc(NC(=O)CN(C)C2CCCc3ccccc32)nc1. The molecule has 1 aromatic heterocycles. The fourth-order valence-corrected chi connectivity index (χ4v) is 3.25. The molecule has 0 fully saturated rings. The summed E-state index contributed by atoms with van der Waals surface area (Å²) in [7, 11) is 2.02. The molecule has 0 bridgehead atoms. The van der Waals surface area contributed by atoms with E-state index in [2.05, 4.69) is 39.5 Å². The van der Waals surface area contributed by atoms with E-state index in [9.17, 15) is 4.79 Å². The van der Waals surface area contributed by atoms with Crippen molar-refractivity contribution >= 4 is 11.7 Å². The summed E-state index contributed by atoms with van der Waals surface area (Å²) in [5.74, 6) is 0.588. The van der Waals surface area contributed by atoms with Gasteiger partial charge in [0.25, 0.3) is 0 Å². The van der Waals surface area contributed by atoms with Gasteiger partial charge in [-0.1, -0.05) is 30.3 Å². The van der Waals surface area contributed by atoms with E-state index in [1.165, 1.54) is 17.5 Å². The lowest BCUT2D eigenvalue weighted by Gasteiger charge is -2.32. The molecule has 1 unspecified atom stereocenters. The van der Waals surface area contributed by atoms with Crippen LogP contribution >= 0.6 is 0 Å². The van der Waals surface area contributed by atoms with Gasteiger partial charge in [-0.3, -0.25) is 9.69 Å². The summed E-state index contributed by atoms with van der Waals surface area (Å²) in [6.45, 7) is 2.35. The second-order valence-electron chi connectivity index (χ2n) is 6.29. The van der Waals surface area contributed by atoms with Crippen molar-refractivity contribution in [3.63, 3.8) is 0 Å². The first kappa shape index (κ1) is 15.7. The molecular weight excluding hydrogens is 286 g/mol. The number of amides is 1. The lowest BCUT2D eigenvalue weighted by molar-refractivity contribution is -0.117. The zero-order valence-electron chi connectivity index (χ0n) is 13.7. The molecule has 4 heteroatoms. The highest BCUT2D eigenvalue weighted by molar-refractivity contribution is 5.91. The Hall–Kier alpha value is -2.20. The number of nitrogens with zero attached hydrogens (tertiary/aromatic N) is 2. The maximum atomic E-state index is 12.3. The molecule has 1 aliphatic carbocycles. The van der Waals surface area contributed by atoms with E-state index in [0.29, 0.717) is 18.4 Å². The first-order chi connectivity index (χ1) is 11.1. The molecule has 1 aromatic carbocycles. The van der Waals surface area contributed by atoms with Crippen LogP contribution in [0.2, 0.25) is 0 Å². The predicted molar refractivity (Wildman–Crippen MR) is 92.4 cm³/mol. The topological polar surface area (TPSA) is 45.2 Å². The lowest BCUT2D eigenvalue weighted by Crippen LogP contribution is -2.35. The summed E-state index contributed by atoms with van der Waals surface area (Å²) in [6, 6.07) is 12.7. The van der Waals surface area contributed by atoms with Gasteiger partial charge in [-0.15, -0.1) is 0 Å². The second-order valence-corrected chi connectivity index (χ2v) is 6.29. The third-order valence-corrected chi connectivity index (χ3v) is 4.44. The Labute approximate surface area is 137 Å². The van der Waals surface area contributed by atoms with Crippen molar-refractivity contribution in [2.75, 3.05) is 18.9 Å². The maximum Gasteiger partial charge on any atom is 0.239 e. The molecule has 0 aliphatic heterocycles. The molecule has 1 N–H and O–H groups in total. The molecule has 1 amide bonds. The molecule has 1 heterocycles. The third kappa shape index (κ3) is 3.77. The Morgan fingerprint density at radius 3 is 2.91 bits per heavy atom. The molecule has 0 radical (unpaired) electrons. The molecule has 120 valence electrons. The van der Waals surface area contributed by atoms with Crippen LogP contribution in [0.1, 0.15) is 35.6 Å². The van der Waals surface area contributed by atoms with E-state index in [1.54, 1.807) is 6.20 Å². The minimum atomic E-state index is -0.0214. The van der Waals surface area contributed by atoms with E-state index >= 15 is 0 Å². The number of anilines is 1. The number of benzene rings is 1. The van der Waals surface area contributed by atoms with Gasteiger partial charge >= 0.3 is 0 Å². The normalized spacial score (nSPS) is 16.9. The Morgan fingerprint density at radius 1 is 1.30 bits per heavy atom. The number of hydrogen-bond donors (Lipinski definition) is 1. The Balaban J connectivity index is 1.64. The molecule has 0 saturated heterocycles. The number of aryl methyl sites for hydroxylation is 2. The van der Waals surface area contributed by atoms with Crippen LogP contribution in [0.15, 0.2) is 42.6 Å². The number of carbonyl (C=O) groups excluding carboxylic acids is 1. The van der Waals surface area contributed by atoms with Crippen molar-refractivity contribution < 1.29 is 4.79 Å². The largest absolute Gasteiger partial charge is 0.310 e. The van der Waals surface area contributed by atoms with Crippen molar-refractivity contribution in [2.45, 2.75) is 32.2 Å². The molecule has 1 atom stereocenters. The molecule has 0 spiro atoms. The van der Waals surface area contributed by atoms with Gasteiger partial charge in [0.1, 0.15) is 5.82 Å². The van der Waals surface area contributed by atoms with E-state index in [0.717, 1.165) is 18.4 Å². The lowest BCUT2D eigenvalue weighted by atomic mass is 9.87. The summed E-state index contributed by atoms with van der Waals surface area (Å²) in [5, 5.41) is 2.87. The number of likely N-dealkylation sites (N-methyl/N-ethyl adjacent to an activating group) is 1. The van der Waals surface area contributed by atoms with E-state index in [4.69, 9.17) is 0 Å². The van der Waals surface area contributed by atoms with Crippen LogP contribution in [-0.4, -0.2) is 29.4 Å². The summed E-state index contributed by atoms with van der Waals surface area (Å²) in [6.07, 6.45) is 5.17. The van der Waals surface area contributed by atoms with Crippen molar-refractivity contribution in [1.29, 1.82) is 0 Å². The van der Waals surface area contributed by atoms with Gasteiger partial charge in [0.2, 0.25) is 5.91 Å². The van der Waals surface area contributed by atoms with Gasteiger partial charge in [-0.25, -0.2) is 4.98 Å². The minimum absolute atomic E-state index is 0.0214. The van der Waals surface area contributed by atoms with Crippen LogP contribution in [-0.2, 0) is 11.2 Å². The first-order valence-electron chi connectivity index (χ1n) is 8.14. The number of fused-ring (bicyclic) bond motifs is 1. The highest BCUT2D eigenvalue weighted by atomic mass is 16.2. The summed E-state index contributed by atoms with van der Waals surface area (Å²) < 4.78 is 0. The van der Waals surface area contributed by atoms with Gasteiger partial charge in [0.15, 0.2) is 0 Å². The van der Waals surface area contributed by atoms with E-state index < -0.39 is 0 Å². The highest BCUT2D eigenvalue weighted by Crippen LogP contribution is 2.33. The first-order valence-corrected chi connectivity index (χ1v) is 8.14. The number of carbonyl (C=O) groups is 1. The summed E-state index contributed by atoms with van der Waals surface area (Å²) in [5.41, 5.74) is 3.86. The van der Waals surface area contributed by atoms with Crippen molar-refractivity contribution in [1.82, 2.24) is 9.88 Å². The van der Waals surface area contributed by atoms with E-state index in [1.807, 2.05) is 26.1 Å². The maximum absolute atomic E-state index is 12.3. The Kier molecular flexibility index (Phi) is 4.72. The number of aromatic nitrogens is 1. The molecule has 2 aromatic rings. The predicted octanol–water partition coefficient (Wildman–Crippen LogP) is 3.34. The number of hydrogen-bond acceptors (Lipinski definition) is 3. The van der Waals surface area contributed by atoms with Crippen LogP contribution in [0.5, 0.6) is 0 Å². The fourth-order valence-electron chi connectivity index (χ4n) is 3.25. The number of rotatable bonds is 4. The van der Waals surface area contributed by atoms with Crippen molar-refractivity contribution in [3.8, 4) is 0 Å². The minimum Gasteiger partial charge on any atom is -0.310 e. The van der Waals surface area contributed by atoms with Gasteiger partial charge in [-0.2, -0.15) is 0 Å². The average Bonchev–Trinajstić information content (AvgIpc) is 2.56. The van der Waals surface area contributed by atoms with Crippen LogP contribution < -0.4 is 5.32 Å². The molecule has 23 heavy (non-hydrogen) atoms. The quantitative estimate of drug-likeness (QED) is 0.942. The highest BCUT2D eigenvalue weighted by Gasteiger charge is 2.24. The van der Waals surface area contributed by atoms with Crippen LogP contribution in [0.4, 0.5) is 5.82 Å². The van der Waals surface area contributed by atoms with Gasteiger partial charge < -0.3 is 5.32 Å². The van der Waals surface area contributed by atoms with Gasteiger partial charge in [0.05, 0.1) is 6.54 Å². The Morgan fingerprint density at radius 2 is 2.13 bits per heavy atom. The van der Waals surface area contributed by atoms with Crippen LogP contribution in [0, 0.1) is 6.92 Å². The summed E-state index contributed by atoms with van der Waals surface area (Å²) in [4.78, 5) is 18.6. The van der Waals surface area contributed by atoms with Crippen LogP contribution in [0.25, 0.3) is 0 Å². The van der Waals surface area contributed by atoms with Crippen LogP contribution in [0.3, 0.4) is 0 Å². The molecule has 1 aliphatic rings. The number of nitrogens with one attached hydrogen (secondary N) is 1. The van der Waals surface area contributed by atoms with Crippen molar-refractivity contribution in [2.24, 2.45) is 0 Å². The zero-order chi connectivity index (χ0) is 16.2. The smallest absolute Gasteiger partial charge is 0.239 e.